The summed E-state index contributed by atoms with van der Waals surface area (Å²) >= 11 is 6.28. The minimum absolute atomic E-state index is 0.280. The van der Waals surface area contributed by atoms with Gasteiger partial charge in [0, 0.05) is 29.2 Å². The van der Waals surface area contributed by atoms with Crippen LogP contribution in [0.1, 0.15) is 23.6 Å². The standard InChI is InChI=1S/C24H24ClNO4/c1-2-27-22-9-5-7-18(24(22)28-15-19-6-3-4-8-20(19)25)14-26-13-17-10-11-21-23(12-17)30-16-29-21/h3-12,26H,2,13-16H2,1H3. The van der Waals surface area contributed by atoms with E-state index >= 15 is 0 Å². The fraction of sp³-hybridized carbons (Fsp3) is 0.250. The predicted octanol–water partition coefficient (Wildman–Crippen LogP) is 5.34. The summed E-state index contributed by atoms with van der Waals surface area (Å²) in [7, 11) is 0. The fourth-order valence-electron chi connectivity index (χ4n) is 3.29. The molecule has 0 saturated heterocycles. The summed E-state index contributed by atoms with van der Waals surface area (Å²) in [6.07, 6.45) is 0. The molecule has 1 N–H and O–H groups in total. The Morgan fingerprint density at radius 3 is 2.60 bits per heavy atom. The molecule has 0 aliphatic carbocycles. The zero-order valence-electron chi connectivity index (χ0n) is 16.8. The van der Waals surface area contributed by atoms with E-state index < -0.39 is 0 Å². The molecule has 6 heteroatoms. The largest absolute Gasteiger partial charge is 0.490 e. The Labute approximate surface area is 181 Å². The highest BCUT2D eigenvalue weighted by Gasteiger charge is 2.14. The van der Waals surface area contributed by atoms with Crippen molar-refractivity contribution < 1.29 is 18.9 Å². The maximum absolute atomic E-state index is 6.28. The Balaban J connectivity index is 1.45. The van der Waals surface area contributed by atoms with Crippen molar-refractivity contribution in [2.45, 2.75) is 26.6 Å². The van der Waals surface area contributed by atoms with Gasteiger partial charge in [-0.25, -0.2) is 0 Å². The Bertz CT molecular complexity index is 1010. The number of halogens is 1. The second kappa shape index (κ2) is 9.74. The average Bonchev–Trinajstić information content (AvgIpc) is 3.22. The van der Waals surface area contributed by atoms with Crippen molar-refractivity contribution in [3.8, 4) is 23.0 Å². The molecular weight excluding hydrogens is 402 g/mol. The van der Waals surface area contributed by atoms with Gasteiger partial charge in [0.25, 0.3) is 0 Å². The van der Waals surface area contributed by atoms with Crippen molar-refractivity contribution in [2.24, 2.45) is 0 Å². The molecule has 0 unspecified atom stereocenters. The maximum atomic E-state index is 6.28. The second-order valence-electron chi connectivity index (χ2n) is 6.85. The molecule has 0 amide bonds. The SMILES string of the molecule is CCOc1cccc(CNCc2ccc3c(c2)OCO3)c1OCc1ccccc1Cl. The lowest BCUT2D eigenvalue weighted by molar-refractivity contribution is 0.174. The van der Waals surface area contributed by atoms with E-state index in [1.807, 2.05) is 67.6 Å². The molecule has 1 heterocycles. The van der Waals surface area contributed by atoms with E-state index in [-0.39, 0.29) is 6.79 Å². The summed E-state index contributed by atoms with van der Waals surface area (Å²) in [5.74, 6) is 3.04. The molecule has 1 aliphatic rings. The van der Waals surface area contributed by atoms with Gasteiger partial charge in [-0.1, -0.05) is 48.0 Å². The van der Waals surface area contributed by atoms with Crippen LogP contribution in [0.2, 0.25) is 5.02 Å². The zero-order valence-corrected chi connectivity index (χ0v) is 17.6. The van der Waals surface area contributed by atoms with Gasteiger partial charge in [0.15, 0.2) is 23.0 Å². The van der Waals surface area contributed by atoms with Crippen LogP contribution in [-0.2, 0) is 19.7 Å². The third-order valence-electron chi connectivity index (χ3n) is 4.77. The molecule has 0 saturated carbocycles. The molecular formula is C24H24ClNO4. The van der Waals surface area contributed by atoms with E-state index in [1.54, 1.807) is 0 Å². The van der Waals surface area contributed by atoms with Gasteiger partial charge in [-0.2, -0.15) is 0 Å². The molecule has 4 rings (SSSR count). The molecule has 0 spiro atoms. The molecule has 0 atom stereocenters. The molecule has 0 aromatic heterocycles. The second-order valence-corrected chi connectivity index (χ2v) is 7.26. The van der Waals surface area contributed by atoms with E-state index in [2.05, 4.69) is 5.32 Å². The first-order valence-corrected chi connectivity index (χ1v) is 10.3. The van der Waals surface area contributed by atoms with Crippen LogP contribution in [0.3, 0.4) is 0 Å². The Hall–Kier alpha value is -2.89. The maximum Gasteiger partial charge on any atom is 0.231 e. The van der Waals surface area contributed by atoms with Crippen LogP contribution in [0.4, 0.5) is 0 Å². The lowest BCUT2D eigenvalue weighted by atomic mass is 10.1. The van der Waals surface area contributed by atoms with Gasteiger partial charge in [-0.05, 0) is 36.8 Å². The number of fused-ring (bicyclic) bond motifs is 1. The van der Waals surface area contributed by atoms with Crippen molar-refractivity contribution in [3.63, 3.8) is 0 Å². The van der Waals surface area contributed by atoms with E-state index in [1.165, 1.54) is 0 Å². The molecule has 0 fully saturated rings. The number of hydrogen-bond acceptors (Lipinski definition) is 5. The first-order chi connectivity index (χ1) is 14.7. The van der Waals surface area contributed by atoms with E-state index in [0.29, 0.717) is 31.3 Å². The van der Waals surface area contributed by atoms with Gasteiger partial charge in [-0.3, -0.25) is 0 Å². The van der Waals surface area contributed by atoms with Crippen LogP contribution in [-0.4, -0.2) is 13.4 Å². The number of ether oxygens (including phenoxy) is 4. The highest BCUT2D eigenvalue weighted by Crippen LogP contribution is 2.34. The van der Waals surface area contributed by atoms with Crippen LogP contribution in [0, 0.1) is 0 Å². The summed E-state index contributed by atoms with van der Waals surface area (Å²) in [6.45, 7) is 4.51. The average molecular weight is 426 g/mol. The quantitative estimate of drug-likeness (QED) is 0.501. The minimum Gasteiger partial charge on any atom is -0.490 e. The van der Waals surface area contributed by atoms with E-state index in [0.717, 1.165) is 39.7 Å². The normalized spacial score (nSPS) is 12.1. The third kappa shape index (κ3) is 4.81. The minimum atomic E-state index is 0.280. The predicted molar refractivity (Wildman–Crippen MR) is 117 cm³/mol. The molecule has 1 aliphatic heterocycles. The van der Waals surface area contributed by atoms with Gasteiger partial charge in [0.05, 0.1) is 6.61 Å². The highest BCUT2D eigenvalue weighted by atomic mass is 35.5. The number of rotatable bonds is 9. The molecule has 3 aromatic carbocycles. The lowest BCUT2D eigenvalue weighted by Crippen LogP contribution is -2.14. The number of benzene rings is 3. The van der Waals surface area contributed by atoms with Gasteiger partial charge < -0.3 is 24.3 Å². The first kappa shape index (κ1) is 20.4. The zero-order chi connectivity index (χ0) is 20.8. The van der Waals surface area contributed by atoms with Crippen molar-refractivity contribution in [3.05, 3.63) is 82.4 Å². The Morgan fingerprint density at radius 1 is 0.900 bits per heavy atom. The Kier molecular flexibility index (Phi) is 6.62. The van der Waals surface area contributed by atoms with Crippen LogP contribution in [0.5, 0.6) is 23.0 Å². The molecule has 156 valence electrons. The van der Waals surface area contributed by atoms with Crippen molar-refractivity contribution in [2.75, 3.05) is 13.4 Å². The van der Waals surface area contributed by atoms with Crippen LogP contribution in [0.25, 0.3) is 0 Å². The lowest BCUT2D eigenvalue weighted by Gasteiger charge is -2.17. The molecule has 3 aromatic rings. The highest BCUT2D eigenvalue weighted by molar-refractivity contribution is 6.31. The van der Waals surface area contributed by atoms with Crippen molar-refractivity contribution in [1.29, 1.82) is 0 Å². The van der Waals surface area contributed by atoms with Crippen LogP contribution < -0.4 is 24.3 Å². The Morgan fingerprint density at radius 2 is 1.73 bits per heavy atom. The first-order valence-electron chi connectivity index (χ1n) is 9.94. The monoisotopic (exact) mass is 425 g/mol. The van der Waals surface area contributed by atoms with Gasteiger partial charge in [0.1, 0.15) is 6.61 Å². The van der Waals surface area contributed by atoms with E-state index in [9.17, 15) is 0 Å². The van der Waals surface area contributed by atoms with Gasteiger partial charge in [0.2, 0.25) is 6.79 Å². The number of nitrogens with one attached hydrogen (secondary N) is 1. The fourth-order valence-corrected chi connectivity index (χ4v) is 3.48. The summed E-state index contributed by atoms with van der Waals surface area (Å²) in [4.78, 5) is 0. The van der Waals surface area contributed by atoms with Gasteiger partial charge in [-0.15, -0.1) is 0 Å². The molecule has 5 nitrogen and oxygen atoms in total. The molecule has 0 bridgehead atoms. The third-order valence-corrected chi connectivity index (χ3v) is 5.14. The number of hydrogen-bond donors (Lipinski definition) is 1. The summed E-state index contributed by atoms with van der Waals surface area (Å²) < 4.78 is 22.8. The van der Waals surface area contributed by atoms with Crippen molar-refractivity contribution >= 4 is 11.6 Å². The smallest absolute Gasteiger partial charge is 0.231 e. The van der Waals surface area contributed by atoms with Crippen LogP contribution >= 0.6 is 11.6 Å². The summed E-state index contributed by atoms with van der Waals surface area (Å²) in [5.41, 5.74) is 3.08. The van der Waals surface area contributed by atoms with E-state index in [4.69, 9.17) is 30.5 Å². The topological polar surface area (TPSA) is 49.0 Å². The molecule has 30 heavy (non-hydrogen) atoms. The number of para-hydroxylation sites is 1. The summed E-state index contributed by atoms with van der Waals surface area (Å²) in [5, 5.41) is 4.16. The summed E-state index contributed by atoms with van der Waals surface area (Å²) in [6, 6.07) is 19.6. The molecule has 0 radical (unpaired) electrons. The van der Waals surface area contributed by atoms with Crippen molar-refractivity contribution in [1.82, 2.24) is 5.32 Å². The van der Waals surface area contributed by atoms with Gasteiger partial charge >= 0.3 is 0 Å². The van der Waals surface area contributed by atoms with Crippen LogP contribution in [0.15, 0.2) is 60.7 Å².